The van der Waals surface area contributed by atoms with Gasteiger partial charge in [0.05, 0.1) is 19.7 Å². The number of aromatic nitrogens is 3. The van der Waals surface area contributed by atoms with Gasteiger partial charge < -0.3 is 4.74 Å². The Labute approximate surface area is 114 Å². The van der Waals surface area contributed by atoms with E-state index in [1.807, 2.05) is 16.5 Å². The van der Waals surface area contributed by atoms with Gasteiger partial charge in [0, 0.05) is 12.6 Å². The summed E-state index contributed by atoms with van der Waals surface area (Å²) in [5.41, 5.74) is 0. The number of hydrogen-bond donors (Lipinski definition) is 0. The van der Waals surface area contributed by atoms with Crippen LogP contribution in [0.3, 0.4) is 0 Å². The topological polar surface area (TPSA) is 60.2 Å². The number of rotatable bonds is 8. The number of carbonyl (C=O) groups is 1. The molecule has 6 heteroatoms. The van der Waals surface area contributed by atoms with E-state index in [9.17, 15) is 4.79 Å². The number of esters is 1. The Morgan fingerprint density at radius 3 is 2.79 bits per heavy atom. The molecular weight excluding hydrogens is 244 g/mol. The average molecular weight is 268 g/mol. The number of hydrogen-bond acceptors (Lipinski definition) is 5. The Hall–Kier alpha value is -1.43. The molecular formula is C13H24N4O2. The van der Waals surface area contributed by atoms with Crippen molar-refractivity contribution < 1.29 is 9.53 Å². The predicted octanol–water partition coefficient (Wildman–Crippen LogP) is 1.46. The van der Waals surface area contributed by atoms with E-state index in [1.165, 1.54) is 0 Å². The second kappa shape index (κ2) is 7.89. The summed E-state index contributed by atoms with van der Waals surface area (Å²) in [7, 11) is 0. The van der Waals surface area contributed by atoms with Gasteiger partial charge in [0.25, 0.3) is 0 Å². The Morgan fingerprint density at radius 1 is 1.47 bits per heavy atom. The summed E-state index contributed by atoms with van der Waals surface area (Å²) in [5.74, 6) is 0.692. The van der Waals surface area contributed by atoms with Gasteiger partial charge in [-0.3, -0.25) is 9.69 Å². The van der Waals surface area contributed by atoms with Crippen LogP contribution in [0.25, 0.3) is 0 Å². The minimum Gasteiger partial charge on any atom is -0.465 e. The van der Waals surface area contributed by atoms with Gasteiger partial charge in [-0.25, -0.2) is 9.67 Å². The molecule has 108 valence electrons. The van der Waals surface area contributed by atoms with E-state index >= 15 is 0 Å². The van der Waals surface area contributed by atoms with Gasteiger partial charge in [0.15, 0.2) is 0 Å². The van der Waals surface area contributed by atoms with Gasteiger partial charge in [0.1, 0.15) is 12.2 Å². The molecule has 1 rings (SSSR count). The molecule has 1 aromatic heterocycles. The molecule has 0 aliphatic heterocycles. The Kier molecular flexibility index (Phi) is 6.49. The van der Waals surface area contributed by atoms with E-state index in [-0.39, 0.29) is 18.6 Å². The summed E-state index contributed by atoms with van der Waals surface area (Å²) < 4.78 is 6.89. The lowest BCUT2D eigenvalue weighted by Crippen LogP contribution is -2.36. The molecule has 19 heavy (non-hydrogen) atoms. The average Bonchev–Trinajstić information content (AvgIpc) is 2.76. The third-order valence-corrected chi connectivity index (χ3v) is 2.84. The van der Waals surface area contributed by atoms with Crippen molar-refractivity contribution in [2.75, 3.05) is 13.2 Å². The molecule has 0 unspecified atom stereocenters. The molecule has 0 fully saturated rings. The minimum atomic E-state index is -0.197. The van der Waals surface area contributed by atoms with Crippen LogP contribution in [0.15, 0.2) is 6.33 Å². The molecule has 0 radical (unpaired) electrons. The SMILES string of the molecule is CCCn1ncnc1CN(CC(=O)OCC)C(C)C. The van der Waals surface area contributed by atoms with Gasteiger partial charge >= 0.3 is 5.97 Å². The van der Waals surface area contributed by atoms with Crippen molar-refractivity contribution in [3.8, 4) is 0 Å². The fourth-order valence-electron chi connectivity index (χ4n) is 1.78. The number of ether oxygens (including phenoxy) is 1. The van der Waals surface area contributed by atoms with Crippen molar-refractivity contribution >= 4 is 5.97 Å². The monoisotopic (exact) mass is 268 g/mol. The normalized spacial score (nSPS) is 11.3. The first-order chi connectivity index (χ1) is 9.08. The summed E-state index contributed by atoms with van der Waals surface area (Å²) in [6.07, 6.45) is 2.57. The second-order valence-corrected chi connectivity index (χ2v) is 4.70. The first-order valence-corrected chi connectivity index (χ1v) is 6.84. The zero-order valence-electron chi connectivity index (χ0n) is 12.3. The van der Waals surface area contributed by atoms with Crippen molar-refractivity contribution in [3.05, 3.63) is 12.2 Å². The van der Waals surface area contributed by atoms with Gasteiger partial charge in [-0.1, -0.05) is 6.92 Å². The molecule has 0 amide bonds. The molecule has 0 spiro atoms. The Morgan fingerprint density at radius 2 is 2.21 bits per heavy atom. The van der Waals surface area contributed by atoms with Crippen LogP contribution >= 0.6 is 0 Å². The molecule has 0 atom stereocenters. The van der Waals surface area contributed by atoms with Crippen molar-refractivity contribution in [1.82, 2.24) is 19.7 Å². The molecule has 0 aliphatic rings. The fourth-order valence-corrected chi connectivity index (χ4v) is 1.78. The molecule has 0 N–H and O–H groups in total. The molecule has 0 saturated heterocycles. The molecule has 0 aliphatic carbocycles. The number of carbonyl (C=O) groups excluding carboxylic acids is 1. The summed E-state index contributed by atoms with van der Waals surface area (Å²) in [6.45, 7) is 10.2. The number of nitrogens with zero attached hydrogens (tertiary/aromatic N) is 4. The van der Waals surface area contributed by atoms with Crippen LogP contribution in [0.2, 0.25) is 0 Å². The van der Waals surface area contributed by atoms with Crippen LogP contribution in [-0.2, 0) is 22.6 Å². The highest BCUT2D eigenvalue weighted by atomic mass is 16.5. The summed E-state index contributed by atoms with van der Waals surface area (Å²) in [6, 6.07) is 0.246. The largest absolute Gasteiger partial charge is 0.465 e. The molecule has 0 bridgehead atoms. The maximum absolute atomic E-state index is 11.6. The lowest BCUT2D eigenvalue weighted by atomic mass is 10.3. The van der Waals surface area contributed by atoms with Crippen LogP contribution in [0, 0.1) is 0 Å². The van der Waals surface area contributed by atoms with Crippen LogP contribution < -0.4 is 0 Å². The van der Waals surface area contributed by atoms with Gasteiger partial charge in [-0.2, -0.15) is 5.10 Å². The van der Waals surface area contributed by atoms with Crippen molar-refractivity contribution in [2.24, 2.45) is 0 Å². The number of aryl methyl sites for hydroxylation is 1. The molecule has 1 aromatic rings. The van der Waals surface area contributed by atoms with Crippen LogP contribution in [0.5, 0.6) is 0 Å². The zero-order chi connectivity index (χ0) is 14.3. The van der Waals surface area contributed by atoms with E-state index in [4.69, 9.17) is 4.74 Å². The van der Waals surface area contributed by atoms with Crippen molar-refractivity contribution in [1.29, 1.82) is 0 Å². The summed E-state index contributed by atoms with van der Waals surface area (Å²) in [5, 5.41) is 4.20. The lowest BCUT2D eigenvalue weighted by Gasteiger charge is -2.24. The Balaban J connectivity index is 2.67. The van der Waals surface area contributed by atoms with Crippen molar-refractivity contribution in [3.63, 3.8) is 0 Å². The quantitative estimate of drug-likeness (QED) is 0.668. The standard InChI is InChI=1S/C13H24N4O2/c1-5-7-17-12(14-10-15-17)8-16(11(3)4)9-13(18)19-6-2/h10-11H,5-9H2,1-4H3. The van der Waals surface area contributed by atoms with E-state index in [2.05, 4.69) is 30.9 Å². The third-order valence-electron chi connectivity index (χ3n) is 2.84. The zero-order valence-corrected chi connectivity index (χ0v) is 12.3. The highest BCUT2D eigenvalue weighted by Crippen LogP contribution is 2.06. The van der Waals surface area contributed by atoms with E-state index in [0.29, 0.717) is 13.2 Å². The Bertz CT molecular complexity index is 390. The van der Waals surface area contributed by atoms with Crippen LogP contribution in [-0.4, -0.2) is 44.8 Å². The first kappa shape index (κ1) is 15.6. The highest BCUT2D eigenvalue weighted by Gasteiger charge is 2.17. The third kappa shape index (κ3) is 4.98. The second-order valence-electron chi connectivity index (χ2n) is 4.70. The molecule has 0 saturated carbocycles. The van der Waals surface area contributed by atoms with Gasteiger partial charge in [-0.15, -0.1) is 0 Å². The van der Waals surface area contributed by atoms with Gasteiger partial charge in [0.2, 0.25) is 0 Å². The predicted molar refractivity (Wildman–Crippen MR) is 72.5 cm³/mol. The van der Waals surface area contributed by atoms with Crippen LogP contribution in [0.1, 0.15) is 39.9 Å². The van der Waals surface area contributed by atoms with Crippen LogP contribution in [0.4, 0.5) is 0 Å². The fraction of sp³-hybridized carbons (Fsp3) is 0.769. The highest BCUT2D eigenvalue weighted by molar-refractivity contribution is 5.71. The summed E-state index contributed by atoms with van der Waals surface area (Å²) in [4.78, 5) is 17.9. The molecule has 6 nitrogen and oxygen atoms in total. The van der Waals surface area contributed by atoms with E-state index in [1.54, 1.807) is 6.33 Å². The first-order valence-electron chi connectivity index (χ1n) is 6.84. The maximum atomic E-state index is 11.6. The van der Waals surface area contributed by atoms with E-state index in [0.717, 1.165) is 18.8 Å². The smallest absolute Gasteiger partial charge is 0.320 e. The minimum absolute atomic E-state index is 0.197. The van der Waals surface area contributed by atoms with E-state index < -0.39 is 0 Å². The van der Waals surface area contributed by atoms with Crippen molar-refractivity contribution in [2.45, 2.75) is 53.2 Å². The molecule has 0 aromatic carbocycles. The lowest BCUT2D eigenvalue weighted by molar-refractivity contribution is -0.145. The molecule has 1 heterocycles. The van der Waals surface area contributed by atoms with Gasteiger partial charge in [-0.05, 0) is 27.2 Å². The maximum Gasteiger partial charge on any atom is 0.320 e. The summed E-state index contributed by atoms with van der Waals surface area (Å²) >= 11 is 0.